The van der Waals surface area contributed by atoms with Gasteiger partial charge in [-0.2, -0.15) is 0 Å². The van der Waals surface area contributed by atoms with Crippen molar-refractivity contribution in [2.75, 3.05) is 20.1 Å². The van der Waals surface area contributed by atoms with Crippen molar-refractivity contribution >= 4 is 17.5 Å². The Morgan fingerprint density at radius 2 is 1.94 bits per heavy atom. The minimum absolute atomic E-state index is 0.0685. The molecule has 1 aromatic heterocycles. The van der Waals surface area contributed by atoms with E-state index >= 15 is 0 Å². The van der Waals surface area contributed by atoms with E-state index in [4.69, 9.17) is 16.3 Å². The summed E-state index contributed by atoms with van der Waals surface area (Å²) in [6.07, 6.45) is 5.39. The highest BCUT2D eigenvalue weighted by atomic mass is 35.5. The lowest BCUT2D eigenvalue weighted by atomic mass is 10.1. The fourth-order valence-corrected chi connectivity index (χ4v) is 4.20. The first kappa shape index (κ1) is 27.4. The van der Waals surface area contributed by atoms with Gasteiger partial charge in [-0.3, -0.25) is 4.79 Å². The number of nitrogens with zero attached hydrogens (tertiary/aromatic N) is 3. The maximum absolute atomic E-state index is 13.3. The van der Waals surface area contributed by atoms with Gasteiger partial charge in [0.25, 0.3) is 5.91 Å². The summed E-state index contributed by atoms with van der Waals surface area (Å²) in [6, 6.07) is 15.7. The average molecular weight is 507 g/mol. The Morgan fingerprint density at radius 1 is 1.19 bits per heavy atom. The molecule has 0 bridgehead atoms. The molecule has 0 fully saturated rings. The van der Waals surface area contributed by atoms with Crippen LogP contribution in [0.15, 0.2) is 73.2 Å². The van der Waals surface area contributed by atoms with Gasteiger partial charge in [0.1, 0.15) is 18.2 Å². The molecular weight excluding hydrogens is 472 g/mol. The molecule has 0 radical (unpaired) electrons. The summed E-state index contributed by atoms with van der Waals surface area (Å²) in [5.74, 6) is 0.688. The normalized spacial score (nSPS) is 11.7. The van der Waals surface area contributed by atoms with Gasteiger partial charge in [-0.25, -0.2) is 9.97 Å². The van der Waals surface area contributed by atoms with Gasteiger partial charge in [-0.1, -0.05) is 47.5 Å². The Bertz CT molecular complexity index is 1150. The Labute approximate surface area is 219 Å². The van der Waals surface area contributed by atoms with Crippen molar-refractivity contribution in [1.29, 1.82) is 0 Å². The van der Waals surface area contributed by atoms with E-state index in [2.05, 4.69) is 21.9 Å². The molecule has 3 aromatic rings. The van der Waals surface area contributed by atoms with Gasteiger partial charge in [-0.15, -0.1) is 6.58 Å². The first-order valence-corrected chi connectivity index (χ1v) is 12.6. The van der Waals surface area contributed by atoms with Gasteiger partial charge in [0.15, 0.2) is 0 Å². The summed E-state index contributed by atoms with van der Waals surface area (Å²) in [5, 5.41) is 3.87. The van der Waals surface area contributed by atoms with Gasteiger partial charge in [0.2, 0.25) is 0 Å². The Morgan fingerprint density at radius 3 is 2.61 bits per heavy atom. The number of halogens is 1. The van der Waals surface area contributed by atoms with Crippen LogP contribution in [0.5, 0.6) is 5.75 Å². The highest BCUT2D eigenvalue weighted by Gasteiger charge is 2.20. The number of allylic oxidation sites excluding steroid dienone is 1. The number of aryl methyl sites for hydroxylation is 1. The molecule has 0 spiro atoms. The topological polar surface area (TPSA) is 67.3 Å². The lowest BCUT2D eigenvalue weighted by molar-refractivity contribution is 0.0739. The monoisotopic (exact) mass is 506 g/mol. The van der Waals surface area contributed by atoms with Crippen LogP contribution >= 0.6 is 11.6 Å². The number of nitrogens with one attached hydrogen (secondary N) is 1. The summed E-state index contributed by atoms with van der Waals surface area (Å²) in [5.41, 5.74) is 4.29. The number of ether oxygens (including phenoxy) is 1. The number of hydrogen-bond acceptors (Lipinski definition) is 5. The minimum atomic E-state index is -0.168. The minimum Gasteiger partial charge on any atom is -0.486 e. The predicted octanol–water partition coefficient (Wildman–Crippen LogP) is 6.17. The zero-order chi connectivity index (χ0) is 25.9. The summed E-state index contributed by atoms with van der Waals surface area (Å²) >= 11 is 6.45. The summed E-state index contributed by atoms with van der Waals surface area (Å²) < 4.78 is 6.34. The summed E-state index contributed by atoms with van der Waals surface area (Å²) in [4.78, 5) is 23.4. The first-order valence-electron chi connectivity index (χ1n) is 12.2. The number of amides is 1. The molecule has 1 atom stereocenters. The second kappa shape index (κ2) is 13.8. The Kier molecular flexibility index (Phi) is 10.5. The molecule has 1 N–H and O–H groups in total. The van der Waals surface area contributed by atoms with Crippen LogP contribution < -0.4 is 10.1 Å². The van der Waals surface area contributed by atoms with Crippen molar-refractivity contribution in [3.63, 3.8) is 0 Å². The third kappa shape index (κ3) is 7.90. The van der Waals surface area contributed by atoms with E-state index in [1.54, 1.807) is 6.20 Å². The maximum Gasteiger partial charge on any atom is 0.257 e. The molecule has 1 amide bonds. The van der Waals surface area contributed by atoms with E-state index in [1.165, 1.54) is 6.33 Å². The number of rotatable bonds is 13. The SMILES string of the molecule is C=C(C)CCCN(Cc1ccc(OC(CCNC)c2ccccc2Cl)cc1)C(=O)c1cncnc1C. The van der Waals surface area contributed by atoms with Crippen LogP contribution in [0.1, 0.15) is 59.5 Å². The molecule has 0 aliphatic carbocycles. The maximum atomic E-state index is 13.3. The van der Waals surface area contributed by atoms with Crippen LogP contribution in [0.25, 0.3) is 0 Å². The van der Waals surface area contributed by atoms with Crippen molar-refractivity contribution in [2.24, 2.45) is 0 Å². The molecule has 0 saturated heterocycles. The Balaban J connectivity index is 1.74. The summed E-state index contributed by atoms with van der Waals surface area (Å²) in [7, 11) is 1.92. The van der Waals surface area contributed by atoms with E-state index in [0.717, 1.165) is 48.3 Å². The number of benzene rings is 2. The fraction of sp³-hybridized carbons (Fsp3) is 0.345. The predicted molar refractivity (Wildman–Crippen MR) is 145 cm³/mol. The van der Waals surface area contributed by atoms with Crippen molar-refractivity contribution in [2.45, 2.75) is 45.8 Å². The van der Waals surface area contributed by atoms with E-state index in [9.17, 15) is 4.79 Å². The van der Waals surface area contributed by atoms with Crippen molar-refractivity contribution in [3.05, 3.63) is 101 Å². The lowest BCUT2D eigenvalue weighted by Gasteiger charge is -2.24. The highest BCUT2D eigenvalue weighted by molar-refractivity contribution is 6.31. The van der Waals surface area contributed by atoms with Crippen molar-refractivity contribution < 1.29 is 9.53 Å². The zero-order valence-electron chi connectivity index (χ0n) is 21.3. The molecular formula is C29H35ClN4O2. The van der Waals surface area contributed by atoms with Gasteiger partial charge < -0.3 is 15.0 Å². The molecule has 36 heavy (non-hydrogen) atoms. The van der Waals surface area contributed by atoms with Crippen LogP contribution in [0, 0.1) is 6.92 Å². The molecule has 6 nitrogen and oxygen atoms in total. The van der Waals surface area contributed by atoms with Crippen LogP contribution in [0.4, 0.5) is 0 Å². The lowest BCUT2D eigenvalue weighted by Crippen LogP contribution is -2.32. The molecule has 2 aromatic carbocycles. The average Bonchev–Trinajstić information content (AvgIpc) is 2.87. The molecule has 0 aliphatic heterocycles. The molecule has 0 saturated carbocycles. The molecule has 3 rings (SSSR count). The van der Waals surface area contributed by atoms with E-state index in [-0.39, 0.29) is 12.0 Å². The number of carbonyl (C=O) groups excluding carboxylic acids is 1. The van der Waals surface area contributed by atoms with Gasteiger partial charge >= 0.3 is 0 Å². The Hall–Kier alpha value is -3.22. The largest absolute Gasteiger partial charge is 0.486 e. The van der Waals surface area contributed by atoms with Crippen LogP contribution in [0.2, 0.25) is 5.02 Å². The number of hydrogen-bond donors (Lipinski definition) is 1. The zero-order valence-corrected chi connectivity index (χ0v) is 22.1. The standard InChI is InChI=1S/C29H35ClN4O2/c1-21(2)8-7-17-34(29(35)26-18-32-20-33-22(26)3)19-23-11-13-24(14-12-23)36-28(15-16-31-4)25-9-5-6-10-27(25)30/h5-6,9-14,18,20,28,31H,1,7-8,15-17,19H2,2-4H3. The third-order valence-corrected chi connectivity index (χ3v) is 6.29. The third-order valence-electron chi connectivity index (χ3n) is 5.94. The van der Waals surface area contributed by atoms with Crippen LogP contribution in [-0.2, 0) is 6.54 Å². The van der Waals surface area contributed by atoms with Gasteiger partial charge in [-0.05, 0) is 64.0 Å². The highest BCUT2D eigenvalue weighted by Crippen LogP contribution is 2.30. The van der Waals surface area contributed by atoms with Crippen LogP contribution in [0.3, 0.4) is 0 Å². The van der Waals surface area contributed by atoms with E-state index in [1.807, 2.05) is 74.3 Å². The first-order chi connectivity index (χ1) is 17.4. The smallest absolute Gasteiger partial charge is 0.257 e. The van der Waals surface area contributed by atoms with E-state index in [0.29, 0.717) is 29.4 Å². The second-order valence-corrected chi connectivity index (χ2v) is 9.38. The molecule has 1 heterocycles. The summed E-state index contributed by atoms with van der Waals surface area (Å²) in [6.45, 7) is 9.73. The molecule has 1 unspecified atom stereocenters. The van der Waals surface area contributed by atoms with Crippen molar-refractivity contribution in [1.82, 2.24) is 20.2 Å². The molecule has 7 heteroatoms. The van der Waals surface area contributed by atoms with Gasteiger partial charge in [0.05, 0.1) is 11.3 Å². The fourth-order valence-electron chi connectivity index (χ4n) is 3.94. The number of carbonyl (C=O) groups is 1. The van der Waals surface area contributed by atoms with Crippen LogP contribution in [-0.4, -0.2) is 40.9 Å². The van der Waals surface area contributed by atoms with E-state index < -0.39 is 0 Å². The van der Waals surface area contributed by atoms with Gasteiger partial charge in [0, 0.05) is 36.3 Å². The number of aromatic nitrogens is 2. The molecule has 0 aliphatic rings. The van der Waals surface area contributed by atoms with Crippen molar-refractivity contribution in [3.8, 4) is 5.75 Å². The quantitative estimate of drug-likeness (QED) is 0.281. The second-order valence-electron chi connectivity index (χ2n) is 8.97. The molecule has 190 valence electrons.